The summed E-state index contributed by atoms with van der Waals surface area (Å²) in [5.41, 5.74) is 2.54. The minimum absolute atomic E-state index is 0.177. The molecular weight excluding hydrogens is 332 g/mol. The lowest BCUT2D eigenvalue weighted by Gasteiger charge is -2.16. The van der Waals surface area contributed by atoms with Gasteiger partial charge in [0.1, 0.15) is 0 Å². The van der Waals surface area contributed by atoms with Crippen molar-refractivity contribution in [3.05, 3.63) is 76.0 Å². The number of benzene rings is 2. The third-order valence-electron chi connectivity index (χ3n) is 4.36. The Balaban J connectivity index is 1.93. The third kappa shape index (κ3) is 3.91. The highest BCUT2D eigenvalue weighted by Crippen LogP contribution is 2.32. The van der Waals surface area contributed by atoms with E-state index in [0.717, 1.165) is 22.2 Å². The molecular formula is C20H20N2O4. The van der Waals surface area contributed by atoms with Gasteiger partial charge in [-0.3, -0.25) is 15.1 Å². The molecule has 1 atom stereocenters. The molecule has 26 heavy (non-hydrogen) atoms. The van der Waals surface area contributed by atoms with Crippen LogP contribution >= 0.6 is 0 Å². The first-order chi connectivity index (χ1) is 12.6. The Labute approximate surface area is 151 Å². The van der Waals surface area contributed by atoms with E-state index in [4.69, 9.17) is 9.47 Å². The number of ether oxygens (including phenoxy) is 2. The molecule has 6 heteroatoms. The van der Waals surface area contributed by atoms with Crippen molar-refractivity contribution in [2.24, 2.45) is 0 Å². The molecule has 0 aliphatic rings. The first kappa shape index (κ1) is 17.7. The standard InChI is InChI=1S/C20H20N2O4/c1-25-19-10-8-15(12-20(19)26-2)16(13-22(23)24)11-17-9-7-14-5-3-4-6-18(14)21-17/h3-10,12,16H,11,13H2,1-2H3. The molecule has 0 fully saturated rings. The molecule has 1 aromatic heterocycles. The summed E-state index contributed by atoms with van der Waals surface area (Å²) in [4.78, 5) is 15.5. The van der Waals surface area contributed by atoms with E-state index in [9.17, 15) is 10.1 Å². The van der Waals surface area contributed by atoms with Crippen molar-refractivity contribution in [2.75, 3.05) is 20.8 Å². The molecule has 1 unspecified atom stereocenters. The van der Waals surface area contributed by atoms with Crippen molar-refractivity contribution in [2.45, 2.75) is 12.3 Å². The molecule has 0 bridgehead atoms. The van der Waals surface area contributed by atoms with Crippen LogP contribution in [0, 0.1) is 10.1 Å². The Morgan fingerprint density at radius 2 is 1.81 bits per heavy atom. The highest BCUT2D eigenvalue weighted by atomic mass is 16.6. The number of para-hydroxylation sites is 1. The molecule has 3 rings (SSSR count). The Kier molecular flexibility index (Phi) is 5.31. The minimum Gasteiger partial charge on any atom is -0.493 e. The van der Waals surface area contributed by atoms with Crippen molar-refractivity contribution in [1.29, 1.82) is 0 Å². The van der Waals surface area contributed by atoms with Gasteiger partial charge in [-0.05, 0) is 29.8 Å². The molecule has 0 saturated heterocycles. The molecule has 2 aromatic carbocycles. The second-order valence-corrected chi connectivity index (χ2v) is 6.03. The molecule has 0 saturated carbocycles. The average molecular weight is 352 g/mol. The van der Waals surface area contributed by atoms with Gasteiger partial charge in [0.25, 0.3) is 0 Å². The number of methoxy groups -OCH3 is 2. The van der Waals surface area contributed by atoms with E-state index in [0.29, 0.717) is 17.9 Å². The molecule has 0 aliphatic carbocycles. The fraction of sp³-hybridized carbons (Fsp3) is 0.250. The maximum atomic E-state index is 11.2. The van der Waals surface area contributed by atoms with Crippen LogP contribution in [0.2, 0.25) is 0 Å². The maximum Gasteiger partial charge on any atom is 0.211 e. The number of hydrogen-bond donors (Lipinski definition) is 0. The number of fused-ring (bicyclic) bond motifs is 1. The maximum absolute atomic E-state index is 11.2. The molecule has 0 spiro atoms. The zero-order valence-electron chi connectivity index (χ0n) is 14.7. The highest BCUT2D eigenvalue weighted by Gasteiger charge is 2.21. The van der Waals surface area contributed by atoms with Crippen LogP contribution in [0.25, 0.3) is 10.9 Å². The number of hydrogen-bond acceptors (Lipinski definition) is 5. The molecule has 3 aromatic rings. The van der Waals surface area contributed by atoms with Gasteiger partial charge < -0.3 is 9.47 Å². The van der Waals surface area contributed by atoms with Gasteiger partial charge in [-0.1, -0.05) is 30.3 Å². The lowest BCUT2D eigenvalue weighted by molar-refractivity contribution is -0.483. The second kappa shape index (κ2) is 7.82. The molecule has 134 valence electrons. The Hall–Kier alpha value is -3.15. The molecule has 6 nitrogen and oxygen atoms in total. The third-order valence-corrected chi connectivity index (χ3v) is 4.36. The van der Waals surface area contributed by atoms with Crippen LogP contribution in [0.3, 0.4) is 0 Å². The van der Waals surface area contributed by atoms with Gasteiger partial charge in [0.2, 0.25) is 6.54 Å². The molecule has 0 radical (unpaired) electrons. The average Bonchev–Trinajstić information content (AvgIpc) is 2.66. The molecule has 1 heterocycles. The number of aromatic nitrogens is 1. The zero-order chi connectivity index (χ0) is 18.5. The van der Waals surface area contributed by atoms with Gasteiger partial charge in [0.15, 0.2) is 11.5 Å². The summed E-state index contributed by atoms with van der Waals surface area (Å²) in [6.07, 6.45) is 0.474. The predicted octanol–water partition coefficient (Wildman–Crippen LogP) is 3.86. The van der Waals surface area contributed by atoms with Crippen molar-refractivity contribution < 1.29 is 14.4 Å². The first-order valence-corrected chi connectivity index (χ1v) is 8.29. The van der Waals surface area contributed by atoms with Crippen molar-refractivity contribution in [1.82, 2.24) is 4.98 Å². The SMILES string of the molecule is COc1ccc(C(Cc2ccc3ccccc3n2)C[N+](=O)[O-])cc1OC. The largest absolute Gasteiger partial charge is 0.493 e. The fourth-order valence-electron chi connectivity index (χ4n) is 3.05. The smallest absolute Gasteiger partial charge is 0.211 e. The topological polar surface area (TPSA) is 74.5 Å². The highest BCUT2D eigenvalue weighted by molar-refractivity contribution is 5.78. The first-order valence-electron chi connectivity index (χ1n) is 8.29. The monoisotopic (exact) mass is 352 g/mol. The van der Waals surface area contributed by atoms with Crippen LogP contribution in [-0.4, -0.2) is 30.7 Å². The lowest BCUT2D eigenvalue weighted by atomic mass is 9.93. The summed E-state index contributed by atoms with van der Waals surface area (Å²) < 4.78 is 10.6. The zero-order valence-corrected chi connectivity index (χ0v) is 14.7. The quantitative estimate of drug-likeness (QED) is 0.477. The van der Waals surface area contributed by atoms with E-state index >= 15 is 0 Å². The molecule has 0 N–H and O–H groups in total. The van der Waals surface area contributed by atoms with Gasteiger partial charge in [-0.25, -0.2) is 0 Å². The summed E-state index contributed by atoms with van der Waals surface area (Å²) in [5.74, 6) is 0.850. The Bertz CT molecular complexity index is 927. The predicted molar refractivity (Wildman–Crippen MR) is 99.6 cm³/mol. The number of rotatable bonds is 7. The van der Waals surface area contributed by atoms with Crippen molar-refractivity contribution in [3.8, 4) is 11.5 Å². The number of pyridine rings is 1. The summed E-state index contributed by atoms with van der Waals surface area (Å²) in [7, 11) is 3.11. The van der Waals surface area contributed by atoms with Crippen LogP contribution < -0.4 is 9.47 Å². The van der Waals surface area contributed by atoms with Crippen LogP contribution in [-0.2, 0) is 6.42 Å². The van der Waals surface area contributed by atoms with Gasteiger partial charge in [-0.2, -0.15) is 0 Å². The minimum atomic E-state index is -0.307. The normalized spacial score (nSPS) is 11.9. The second-order valence-electron chi connectivity index (χ2n) is 6.03. The summed E-state index contributed by atoms with van der Waals surface area (Å²) in [6.45, 7) is -0.177. The van der Waals surface area contributed by atoms with Crippen LogP contribution in [0.15, 0.2) is 54.6 Å². The van der Waals surface area contributed by atoms with Crippen LogP contribution in [0.1, 0.15) is 17.2 Å². The summed E-state index contributed by atoms with van der Waals surface area (Å²) in [5, 5.41) is 12.2. The Morgan fingerprint density at radius 1 is 1.04 bits per heavy atom. The Morgan fingerprint density at radius 3 is 2.54 bits per heavy atom. The van der Waals surface area contributed by atoms with E-state index in [-0.39, 0.29) is 17.4 Å². The summed E-state index contributed by atoms with van der Waals surface area (Å²) in [6, 6.07) is 17.2. The van der Waals surface area contributed by atoms with E-state index in [1.165, 1.54) is 0 Å². The van der Waals surface area contributed by atoms with Gasteiger partial charge in [0.05, 0.1) is 25.7 Å². The molecule has 0 aliphatic heterocycles. The van der Waals surface area contributed by atoms with E-state index in [1.54, 1.807) is 26.4 Å². The van der Waals surface area contributed by atoms with E-state index in [2.05, 4.69) is 4.98 Å². The van der Waals surface area contributed by atoms with Crippen LogP contribution in [0.5, 0.6) is 11.5 Å². The fourth-order valence-corrected chi connectivity index (χ4v) is 3.05. The van der Waals surface area contributed by atoms with Gasteiger partial charge in [0, 0.05) is 22.4 Å². The van der Waals surface area contributed by atoms with Crippen molar-refractivity contribution >= 4 is 10.9 Å². The van der Waals surface area contributed by atoms with E-state index < -0.39 is 0 Å². The van der Waals surface area contributed by atoms with E-state index in [1.807, 2.05) is 42.5 Å². The van der Waals surface area contributed by atoms with Gasteiger partial charge in [-0.15, -0.1) is 0 Å². The number of nitro groups is 1. The van der Waals surface area contributed by atoms with Gasteiger partial charge >= 0.3 is 0 Å². The summed E-state index contributed by atoms with van der Waals surface area (Å²) >= 11 is 0. The molecule has 0 amide bonds. The van der Waals surface area contributed by atoms with Crippen LogP contribution in [0.4, 0.5) is 0 Å². The number of nitrogens with zero attached hydrogens (tertiary/aromatic N) is 2. The van der Waals surface area contributed by atoms with Crippen molar-refractivity contribution in [3.63, 3.8) is 0 Å². The lowest BCUT2D eigenvalue weighted by Crippen LogP contribution is -2.16.